The van der Waals surface area contributed by atoms with Crippen molar-refractivity contribution in [3.05, 3.63) is 42.0 Å². The molecule has 1 aliphatic carbocycles. The van der Waals surface area contributed by atoms with Crippen LogP contribution in [0.3, 0.4) is 0 Å². The van der Waals surface area contributed by atoms with Crippen LogP contribution in [0.4, 0.5) is 0 Å². The third kappa shape index (κ3) is 4.58. The first-order valence-electron chi connectivity index (χ1n) is 9.68. The van der Waals surface area contributed by atoms with Crippen LogP contribution in [0.1, 0.15) is 38.2 Å². The smallest absolute Gasteiger partial charge is 0.191 e. The Balaban J connectivity index is 1.77. The largest absolute Gasteiger partial charge is 0.497 e. The molecule has 1 fully saturated rings. The Hall–Kier alpha value is -2.01. The Bertz CT molecular complexity index is 611. The second-order valence-electron chi connectivity index (χ2n) is 7.10. The summed E-state index contributed by atoms with van der Waals surface area (Å²) in [6.45, 7) is 5.32. The molecule has 26 heavy (non-hydrogen) atoms. The third-order valence-corrected chi connectivity index (χ3v) is 5.39. The van der Waals surface area contributed by atoms with Crippen LogP contribution in [0.5, 0.6) is 5.75 Å². The zero-order chi connectivity index (χ0) is 18.2. The van der Waals surface area contributed by atoms with Gasteiger partial charge in [-0.15, -0.1) is 0 Å². The molecule has 1 aromatic rings. The van der Waals surface area contributed by atoms with Gasteiger partial charge in [0, 0.05) is 31.2 Å². The minimum atomic E-state index is 0.0286. The van der Waals surface area contributed by atoms with Crippen LogP contribution in [-0.2, 0) is 10.2 Å². The van der Waals surface area contributed by atoms with Crippen molar-refractivity contribution in [3.8, 4) is 5.75 Å². The lowest BCUT2D eigenvalue weighted by Crippen LogP contribution is -2.44. The number of benzene rings is 1. The summed E-state index contributed by atoms with van der Waals surface area (Å²) in [7, 11) is 1.70. The van der Waals surface area contributed by atoms with E-state index in [4.69, 9.17) is 14.5 Å². The number of hydrogen-bond acceptors (Lipinski definition) is 3. The molecular weight excluding hydrogens is 326 g/mol. The second kappa shape index (κ2) is 9.08. The summed E-state index contributed by atoms with van der Waals surface area (Å²) in [4.78, 5) is 4.97. The highest BCUT2D eigenvalue weighted by Crippen LogP contribution is 2.36. The van der Waals surface area contributed by atoms with E-state index in [2.05, 4.69) is 41.8 Å². The van der Waals surface area contributed by atoms with Crippen molar-refractivity contribution in [2.45, 2.75) is 44.1 Å². The lowest BCUT2D eigenvalue weighted by atomic mass is 9.74. The highest BCUT2D eigenvalue weighted by Gasteiger charge is 2.34. The minimum absolute atomic E-state index is 0.0286. The summed E-state index contributed by atoms with van der Waals surface area (Å²) in [6.07, 6.45) is 8.60. The maximum absolute atomic E-state index is 5.64. The fourth-order valence-corrected chi connectivity index (χ4v) is 3.72. The third-order valence-electron chi connectivity index (χ3n) is 5.39. The van der Waals surface area contributed by atoms with E-state index in [0.717, 1.165) is 63.7 Å². The van der Waals surface area contributed by atoms with E-state index < -0.39 is 0 Å². The summed E-state index contributed by atoms with van der Waals surface area (Å²) in [6, 6.07) is 8.91. The average Bonchev–Trinajstić information content (AvgIpc) is 3.20. The van der Waals surface area contributed by atoms with Gasteiger partial charge in [-0.2, -0.15) is 0 Å². The fraction of sp³-hybridized carbons (Fsp3) is 0.571. The highest BCUT2D eigenvalue weighted by atomic mass is 16.5. The molecule has 1 aliphatic heterocycles. The topological polar surface area (TPSA) is 54.9 Å². The number of nitrogens with zero attached hydrogens (tertiary/aromatic N) is 1. The first-order valence-corrected chi connectivity index (χ1v) is 9.68. The van der Waals surface area contributed by atoms with Crippen LogP contribution in [0.15, 0.2) is 41.4 Å². The Morgan fingerprint density at radius 3 is 2.50 bits per heavy atom. The number of methoxy groups -OCH3 is 1. The normalized spacial score (nSPS) is 20.2. The molecule has 2 aliphatic rings. The molecular formula is C21H31N3O2. The van der Waals surface area contributed by atoms with E-state index in [-0.39, 0.29) is 5.41 Å². The molecule has 3 rings (SSSR count). The van der Waals surface area contributed by atoms with Gasteiger partial charge in [-0.05, 0) is 50.3 Å². The quantitative estimate of drug-likeness (QED) is 0.467. The van der Waals surface area contributed by atoms with Crippen molar-refractivity contribution in [3.63, 3.8) is 0 Å². The van der Waals surface area contributed by atoms with Crippen LogP contribution < -0.4 is 15.4 Å². The highest BCUT2D eigenvalue weighted by molar-refractivity contribution is 5.80. The van der Waals surface area contributed by atoms with Crippen molar-refractivity contribution >= 4 is 5.96 Å². The van der Waals surface area contributed by atoms with Crippen LogP contribution in [0, 0.1) is 0 Å². The molecule has 0 spiro atoms. The van der Waals surface area contributed by atoms with E-state index in [1.165, 1.54) is 5.56 Å². The molecule has 0 amide bonds. The number of nitrogens with one attached hydrogen (secondary N) is 2. The van der Waals surface area contributed by atoms with Crippen molar-refractivity contribution in [2.24, 2.45) is 4.99 Å². The van der Waals surface area contributed by atoms with Gasteiger partial charge in [-0.3, -0.25) is 4.99 Å². The molecule has 142 valence electrons. The van der Waals surface area contributed by atoms with Gasteiger partial charge in [-0.25, -0.2) is 0 Å². The van der Waals surface area contributed by atoms with E-state index in [9.17, 15) is 0 Å². The van der Waals surface area contributed by atoms with Crippen molar-refractivity contribution in [1.29, 1.82) is 0 Å². The monoisotopic (exact) mass is 357 g/mol. The molecule has 1 heterocycles. The van der Waals surface area contributed by atoms with E-state index in [1.54, 1.807) is 7.11 Å². The zero-order valence-electron chi connectivity index (χ0n) is 16.0. The molecule has 0 aromatic heterocycles. The predicted molar refractivity (Wildman–Crippen MR) is 106 cm³/mol. The van der Waals surface area contributed by atoms with Gasteiger partial charge in [0.1, 0.15) is 5.75 Å². The van der Waals surface area contributed by atoms with E-state index >= 15 is 0 Å². The first kappa shape index (κ1) is 18.8. The number of guanidine groups is 1. The standard InChI is InChI=1S/C21H31N3O2/c1-3-22-20(24-18-6-4-5-7-18)23-16-21(12-14-26-15-13-21)17-8-10-19(25-2)11-9-17/h4-5,8-11,18H,3,6-7,12-16H2,1-2H3,(H2,22,23,24). The Kier molecular flexibility index (Phi) is 6.56. The van der Waals surface area contributed by atoms with Crippen LogP contribution >= 0.6 is 0 Å². The Morgan fingerprint density at radius 1 is 1.19 bits per heavy atom. The van der Waals surface area contributed by atoms with Gasteiger partial charge in [-0.1, -0.05) is 24.3 Å². The van der Waals surface area contributed by atoms with Gasteiger partial charge < -0.3 is 20.1 Å². The van der Waals surface area contributed by atoms with Crippen LogP contribution in [0.25, 0.3) is 0 Å². The Morgan fingerprint density at radius 2 is 1.88 bits per heavy atom. The fourth-order valence-electron chi connectivity index (χ4n) is 3.72. The van der Waals surface area contributed by atoms with Gasteiger partial charge in [0.05, 0.1) is 13.7 Å². The summed E-state index contributed by atoms with van der Waals surface area (Å²) in [5.41, 5.74) is 1.35. The van der Waals surface area contributed by atoms with E-state index in [1.807, 2.05) is 12.1 Å². The molecule has 1 saturated heterocycles. The molecule has 0 atom stereocenters. The van der Waals surface area contributed by atoms with Gasteiger partial charge in [0.2, 0.25) is 0 Å². The molecule has 0 bridgehead atoms. The zero-order valence-corrected chi connectivity index (χ0v) is 16.0. The lowest BCUT2D eigenvalue weighted by molar-refractivity contribution is 0.0531. The summed E-state index contributed by atoms with van der Waals surface area (Å²) in [5.74, 6) is 1.81. The second-order valence-corrected chi connectivity index (χ2v) is 7.10. The maximum Gasteiger partial charge on any atom is 0.191 e. The van der Waals surface area contributed by atoms with Gasteiger partial charge in [0.25, 0.3) is 0 Å². The molecule has 0 unspecified atom stereocenters. The molecule has 0 radical (unpaired) electrons. The number of rotatable bonds is 6. The summed E-state index contributed by atoms with van der Waals surface area (Å²) >= 11 is 0. The maximum atomic E-state index is 5.64. The summed E-state index contributed by atoms with van der Waals surface area (Å²) < 4.78 is 11.0. The van der Waals surface area contributed by atoms with Crippen LogP contribution in [0.2, 0.25) is 0 Å². The summed E-state index contributed by atoms with van der Waals surface area (Å²) in [5, 5.41) is 6.96. The van der Waals surface area contributed by atoms with Gasteiger partial charge >= 0.3 is 0 Å². The molecule has 1 aromatic carbocycles. The van der Waals surface area contributed by atoms with Gasteiger partial charge in [0.15, 0.2) is 5.96 Å². The predicted octanol–water partition coefficient (Wildman–Crippen LogP) is 3.02. The van der Waals surface area contributed by atoms with E-state index in [0.29, 0.717) is 6.04 Å². The Labute approximate surface area is 156 Å². The van der Waals surface area contributed by atoms with Crippen molar-refractivity contribution in [1.82, 2.24) is 10.6 Å². The SMILES string of the molecule is CCNC(=NCC1(c2ccc(OC)cc2)CCOCC1)NC1CC=CC1. The van der Waals surface area contributed by atoms with Crippen LogP contribution in [-0.4, -0.2) is 45.4 Å². The van der Waals surface area contributed by atoms with Crippen molar-refractivity contribution in [2.75, 3.05) is 33.4 Å². The number of aliphatic imine (C=N–C) groups is 1. The first-order chi connectivity index (χ1) is 12.8. The number of ether oxygens (including phenoxy) is 2. The minimum Gasteiger partial charge on any atom is -0.497 e. The molecule has 0 saturated carbocycles. The average molecular weight is 357 g/mol. The molecule has 2 N–H and O–H groups in total. The molecule has 5 heteroatoms. The van der Waals surface area contributed by atoms with Crippen molar-refractivity contribution < 1.29 is 9.47 Å². The molecule has 5 nitrogen and oxygen atoms in total. The lowest BCUT2D eigenvalue weighted by Gasteiger charge is -2.37. The number of hydrogen-bond donors (Lipinski definition) is 2.